The largest absolute Gasteiger partial charge is 0.414 e. The van der Waals surface area contributed by atoms with E-state index in [4.69, 9.17) is 9.16 Å². The van der Waals surface area contributed by atoms with Gasteiger partial charge in [0.2, 0.25) is 0 Å². The molecule has 0 bridgehead atoms. The van der Waals surface area contributed by atoms with Gasteiger partial charge in [0, 0.05) is 13.2 Å². The zero-order valence-corrected chi connectivity index (χ0v) is 13.5. The molecular formula is C13H26N2O2Si. The molecule has 0 aromatic carbocycles. The maximum Gasteiger partial charge on any atom is 0.192 e. The van der Waals surface area contributed by atoms with Crippen molar-refractivity contribution in [3.8, 4) is 0 Å². The Morgan fingerprint density at radius 1 is 1.28 bits per heavy atom. The maximum absolute atomic E-state index is 6.04. The Hall–Kier alpha value is -0.653. The predicted octanol–water partition coefficient (Wildman–Crippen LogP) is 2.96. The van der Waals surface area contributed by atoms with Gasteiger partial charge in [-0.25, -0.2) is 0 Å². The van der Waals surface area contributed by atoms with Crippen molar-refractivity contribution in [2.45, 2.75) is 45.5 Å². The van der Waals surface area contributed by atoms with E-state index < -0.39 is 8.32 Å². The van der Waals surface area contributed by atoms with Crippen LogP contribution >= 0.6 is 0 Å². The minimum absolute atomic E-state index is 0.259. The van der Waals surface area contributed by atoms with E-state index in [2.05, 4.69) is 39.0 Å². The van der Waals surface area contributed by atoms with Gasteiger partial charge in [-0.2, -0.15) is 5.10 Å². The Kier molecular flexibility index (Phi) is 5.13. The molecular weight excluding hydrogens is 244 g/mol. The highest BCUT2D eigenvalue weighted by Gasteiger charge is 2.36. The fraction of sp³-hybridized carbons (Fsp3) is 0.769. The molecule has 1 rings (SSSR count). The second kappa shape index (κ2) is 5.99. The molecule has 0 saturated heterocycles. The fourth-order valence-corrected chi connectivity index (χ4v) is 2.32. The SMILES string of the molecule is Cn1nccc1COCCO[Si](C)(C)C(C)(C)C. The van der Waals surface area contributed by atoms with Crippen molar-refractivity contribution in [1.29, 1.82) is 0 Å². The molecule has 0 unspecified atom stereocenters. The maximum atomic E-state index is 6.04. The quantitative estimate of drug-likeness (QED) is 0.589. The Bertz CT molecular complexity index is 369. The summed E-state index contributed by atoms with van der Waals surface area (Å²) in [4.78, 5) is 0. The number of rotatable bonds is 6. The van der Waals surface area contributed by atoms with Gasteiger partial charge in [-0.15, -0.1) is 0 Å². The van der Waals surface area contributed by atoms with Crippen LogP contribution in [-0.2, 0) is 22.8 Å². The first-order chi connectivity index (χ1) is 8.24. The average Bonchev–Trinajstić information content (AvgIpc) is 2.62. The van der Waals surface area contributed by atoms with Gasteiger partial charge in [-0.05, 0) is 24.2 Å². The van der Waals surface area contributed by atoms with Crippen LogP contribution in [0.3, 0.4) is 0 Å². The topological polar surface area (TPSA) is 36.3 Å². The zero-order valence-electron chi connectivity index (χ0n) is 12.5. The molecule has 0 saturated carbocycles. The molecule has 0 amide bonds. The lowest BCUT2D eigenvalue weighted by Gasteiger charge is -2.36. The molecule has 18 heavy (non-hydrogen) atoms. The van der Waals surface area contributed by atoms with Crippen LogP contribution in [0.2, 0.25) is 18.1 Å². The number of hydrogen-bond donors (Lipinski definition) is 0. The smallest absolute Gasteiger partial charge is 0.192 e. The number of aryl methyl sites for hydroxylation is 1. The van der Waals surface area contributed by atoms with E-state index in [0.717, 1.165) is 5.69 Å². The van der Waals surface area contributed by atoms with E-state index in [9.17, 15) is 0 Å². The Labute approximate surface area is 111 Å². The van der Waals surface area contributed by atoms with E-state index in [1.165, 1.54) is 0 Å². The van der Waals surface area contributed by atoms with E-state index in [1.807, 2.05) is 17.8 Å². The summed E-state index contributed by atoms with van der Waals surface area (Å²) in [6.07, 6.45) is 1.78. The van der Waals surface area contributed by atoms with Crippen molar-refractivity contribution in [3.63, 3.8) is 0 Å². The minimum atomic E-state index is -1.63. The summed E-state index contributed by atoms with van der Waals surface area (Å²) in [5.41, 5.74) is 1.09. The molecule has 104 valence electrons. The summed E-state index contributed by atoms with van der Waals surface area (Å²) < 4.78 is 13.5. The number of hydrogen-bond acceptors (Lipinski definition) is 3. The zero-order chi connectivity index (χ0) is 13.8. The van der Waals surface area contributed by atoms with Crippen LogP contribution in [0.4, 0.5) is 0 Å². The number of ether oxygens (including phenoxy) is 1. The van der Waals surface area contributed by atoms with Gasteiger partial charge >= 0.3 is 0 Å². The van der Waals surface area contributed by atoms with Gasteiger partial charge in [-0.3, -0.25) is 4.68 Å². The average molecular weight is 270 g/mol. The lowest BCUT2D eigenvalue weighted by Crippen LogP contribution is -2.41. The van der Waals surface area contributed by atoms with Crippen LogP contribution in [0.1, 0.15) is 26.5 Å². The third kappa shape index (κ3) is 4.22. The molecule has 1 aromatic rings. The van der Waals surface area contributed by atoms with Gasteiger partial charge in [0.1, 0.15) is 0 Å². The highest BCUT2D eigenvalue weighted by atomic mass is 28.4. The van der Waals surface area contributed by atoms with Gasteiger partial charge in [0.15, 0.2) is 8.32 Å². The summed E-state index contributed by atoms with van der Waals surface area (Å²) in [6, 6.07) is 1.97. The molecule has 4 nitrogen and oxygen atoms in total. The molecule has 0 aliphatic rings. The molecule has 0 radical (unpaired) electrons. The highest BCUT2D eigenvalue weighted by molar-refractivity contribution is 6.74. The van der Waals surface area contributed by atoms with Gasteiger partial charge in [0.05, 0.1) is 25.5 Å². The Balaban J connectivity index is 2.22. The first-order valence-electron chi connectivity index (χ1n) is 6.42. The molecule has 0 spiro atoms. The van der Waals surface area contributed by atoms with Gasteiger partial charge in [0.25, 0.3) is 0 Å². The third-order valence-electron chi connectivity index (χ3n) is 3.67. The summed E-state index contributed by atoms with van der Waals surface area (Å²) in [5, 5.41) is 4.36. The fourth-order valence-electron chi connectivity index (χ4n) is 1.29. The van der Waals surface area contributed by atoms with E-state index in [-0.39, 0.29) is 5.04 Å². The summed E-state index contributed by atoms with van der Waals surface area (Å²) in [6.45, 7) is 13.2. The normalized spacial score (nSPS) is 13.0. The van der Waals surface area contributed by atoms with Crippen LogP contribution in [0, 0.1) is 0 Å². The third-order valence-corrected chi connectivity index (χ3v) is 8.21. The molecule has 0 aliphatic carbocycles. The van der Waals surface area contributed by atoms with Crippen molar-refractivity contribution >= 4 is 8.32 Å². The highest BCUT2D eigenvalue weighted by Crippen LogP contribution is 2.36. The summed E-state index contributed by atoms with van der Waals surface area (Å²) in [5.74, 6) is 0. The van der Waals surface area contributed by atoms with Crippen molar-refractivity contribution in [3.05, 3.63) is 18.0 Å². The lowest BCUT2D eigenvalue weighted by atomic mass is 10.2. The Morgan fingerprint density at radius 2 is 1.94 bits per heavy atom. The predicted molar refractivity (Wildman–Crippen MR) is 76.0 cm³/mol. The second-order valence-corrected chi connectivity index (χ2v) is 10.9. The number of aromatic nitrogens is 2. The van der Waals surface area contributed by atoms with E-state index in [0.29, 0.717) is 19.8 Å². The minimum Gasteiger partial charge on any atom is -0.414 e. The van der Waals surface area contributed by atoms with Crippen molar-refractivity contribution < 1.29 is 9.16 Å². The van der Waals surface area contributed by atoms with Gasteiger partial charge < -0.3 is 9.16 Å². The molecule has 0 aliphatic heterocycles. The van der Waals surface area contributed by atoms with E-state index >= 15 is 0 Å². The van der Waals surface area contributed by atoms with Crippen LogP contribution < -0.4 is 0 Å². The molecule has 0 fully saturated rings. The van der Waals surface area contributed by atoms with E-state index in [1.54, 1.807) is 6.20 Å². The van der Waals surface area contributed by atoms with Crippen molar-refractivity contribution in [2.24, 2.45) is 7.05 Å². The summed E-state index contributed by atoms with van der Waals surface area (Å²) >= 11 is 0. The molecule has 0 N–H and O–H groups in total. The monoisotopic (exact) mass is 270 g/mol. The number of nitrogens with zero attached hydrogens (tertiary/aromatic N) is 2. The molecule has 1 heterocycles. The molecule has 5 heteroatoms. The van der Waals surface area contributed by atoms with Gasteiger partial charge in [-0.1, -0.05) is 20.8 Å². The molecule has 0 atom stereocenters. The van der Waals surface area contributed by atoms with Crippen molar-refractivity contribution in [2.75, 3.05) is 13.2 Å². The first kappa shape index (κ1) is 15.4. The first-order valence-corrected chi connectivity index (χ1v) is 9.33. The second-order valence-electron chi connectivity index (χ2n) is 6.11. The lowest BCUT2D eigenvalue weighted by molar-refractivity contribution is 0.0809. The standard InChI is InChI=1S/C13H26N2O2Si/c1-13(2,3)18(5,6)17-10-9-16-11-12-7-8-14-15(12)4/h7-8H,9-11H2,1-6H3. The van der Waals surface area contributed by atoms with Crippen molar-refractivity contribution in [1.82, 2.24) is 9.78 Å². The Morgan fingerprint density at radius 3 is 2.44 bits per heavy atom. The molecule has 1 aromatic heterocycles. The summed E-state index contributed by atoms with van der Waals surface area (Å²) in [7, 11) is 0.292. The van der Waals surface area contributed by atoms with Crippen LogP contribution in [0.25, 0.3) is 0 Å². The van der Waals surface area contributed by atoms with Crippen LogP contribution in [0.15, 0.2) is 12.3 Å². The van der Waals surface area contributed by atoms with Crippen LogP contribution in [0.5, 0.6) is 0 Å². The van der Waals surface area contributed by atoms with Crippen LogP contribution in [-0.4, -0.2) is 31.3 Å².